The molecule has 1 aromatic rings. The summed E-state index contributed by atoms with van der Waals surface area (Å²) in [6.07, 6.45) is 0.541. The third-order valence-corrected chi connectivity index (χ3v) is 3.39. The van der Waals surface area contributed by atoms with E-state index in [1.54, 1.807) is 0 Å². The average Bonchev–Trinajstić information content (AvgIpc) is 2.44. The average molecular weight is 298 g/mol. The third-order valence-electron chi connectivity index (χ3n) is 3.39. The molecule has 1 aromatic heterocycles. The number of nitrogens with zero attached hydrogens (tertiary/aromatic N) is 3. The van der Waals surface area contributed by atoms with Crippen molar-refractivity contribution in [2.24, 2.45) is 13.0 Å². The number of nitrogens with two attached hydrogens (primary N) is 1. The lowest BCUT2D eigenvalue weighted by Crippen LogP contribution is -2.44. The molecule has 0 radical (unpaired) electrons. The van der Waals surface area contributed by atoms with Gasteiger partial charge in [-0.1, -0.05) is 13.8 Å². The van der Waals surface area contributed by atoms with E-state index < -0.39 is 11.2 Å². The van der Waals surface area contributed by atoms with E-state index in [0.717, 1.165) is 4.57 Å². The normalized spacial score (nSPS) is 11.1. The van der Waals surface area contributed by atoms with Crippen LogP contribution in [0.3, 0.4) is 0 Å². The van der Waals surface area contributed by atoms with Crippen LogP contribution in [0.2, 0.25) is 0 Å². The first-order valence-corrected chi connectivity index (χ1v) is 7.30. The van der Waals surface area contributed by atoms with Crippen molar-refractivity contribution < 1.29 is 5.11 Å². The lowest BCUT2D eigenvalue weighted by atomic mass is 10.2. The maximum absolute atomic E-state index is 12.4. The maximum atomic E-state index is 12.4. The van der Waals surface area contributed by atoms with E-state index in [-0.39, 0.29) is 18.3 Å². The standard InChI is InChI=1S/C14H26N4O3/c1-5-17(7-6-8-19)11-12(15)18(9-10(2)3)14(21)16(4)13(11)20/h10,19H,5-9,15H2,1-4H3. The highest BCUT2D eigenvalue weighted by molar-refractivity contribution is 5.62. The zero-order chi connectivity index (χ0) is 16.2. The van der Waals surface area contributed by atoms with E-state index in [1.165, 1.54) is 11.6 Å². The van der Waals surface area contributed by atoms with Gasteiger partial charge in [-0.2, -0.15) is 0 Å². The number of aliphatic hydroxyl groups is 1. The second kappa shape index (κ2) is 7.31. The Morgan fingerprint density at radius 2 is 1.95 bits per heavy atom. The molecule has 0 aliphatic carbocycles. The fraction of sp³-hybridized carbons (Fsp3) is 0.714. The minimum Gasteiger partial charge on any atom is -0.396 e. The Hall–Kier alpha value is -1.76. The zero-order valence-electron chi connectivity index (χ0n) is 13.3. The summed E-state index contributed by atoms with van der Waals surface area (Å²) in [4.78, 5) is 26.4. The van der Waals surface area contributed by atoms with Crippen LogP contribution in [0.25, 0.3) is 0 Å². The summed E-state index contributed by atoms with van der Waals surface area (Å²) in [7, 11) is 1.46. The van der Waals surface area contributed by atoms with E-state index in [4.69, 9.17) is 10.8 Å². The van der Waals surface area contributed by atoms with Gasteiger partial charge in [0.15, 0.2) is 0 Å². The highest BCUT2D eigenvalue weighted by Crippen LogP contribution is 2.17. The quantitative estimate of drug-likeness (QED) is 0.738. The van der Waals surface area contributed by atoms with Gasteiger partial charge in [-0.05, 0) is 19.3 Å². The minimum atomic E-state index is -0.395. The van der Waals surface area contributed by atoms with Crippen LogP contribution in [0, 0.1) is 5.92 Å². The number of aliphatic hydroxyl groups excluding tert-OH is 1. The molecular formula is C14H26N4O3. The first-order chi connectivity index (χ1) is 9.84. The molecule has 1 rings (SSSR count). The number of hydrogen-bond donors (Lipinski definition) is 2. The maximum Gasteiger partial charge on any atom is 0.332 e. The van der Waals surface area contributed by atoms with E-state index in [2.05, 4.69) is 0 Å². The lowest BCUT2D eigenvalue weighted by molar-refractivity contribution is 0.289. The van der Waals surface area contributed by atoms with Crippen molar-refractivity contribution in [3.8, 4) is 0 Å². The van der Waals surface area contributed by atoms with Gasteiger partial charge in [0, 0.05) is 33.3 Å². The molecule has 0 saturated heterocycles. The van der Waals surface area contributed by atoms with E-state index in [9.17, 15) is 9.59 Å². The molecule has 7 nitrogen and oxygen atoms in total. The van der Waals surface area contributed by atoms with Gasteiger partial charge < -0.3 is 15.7 Å². The summed E-state index contributed by atoms with van der Waals surface area (Å²) in [6, 6.07) is 0. The Morgan fingerprint density at radius 1 is 1.33 bits per heavy atom. The highest BCUT2D eigenvalue weighted by Gasteiger charge is 2.20. The molecule has 1 heterocycles. The van der Waals surface area contributed by atoms with Crippen molar-refractivity contribution in [1.29, 1.82) is 0 Å². The van der Waals surface area contributed by atoms with Crippen molar-refractivity contribution in [3.05, 3.63) is 20.8 Å². The Kier molecular flexibility index (Phi) is 6.02. The van der Waals surface area contributed by atoms with Gasteiger partial charge in [0.25, 0.3) is 5.56 Å². The SMILES string of the molecule is CCN(CCCO)c1c(N)n(CC(C)C)c(=O)n(C)c1=O. The minimum absolute atomic E-state index is 0.0440. The van der Waals surface area contributed by atoms with Gasteiger partial charge in [-0.25, -0.2) is 4.79 Å². The molecule has 21 heavy (non-hydrogen) atoms. The van der Waals surface area contributed by atoms with Gasteiger partial charge in [0.1, 0.15) is 11.5 Å². The number of nitrogen functional groups attached to an aromatic ring is 1. The Labute approximate surface area is 124 Å². The largest absolute Gasteiger partial charge is 0.396 e. The molecule has 0 spiro atoms. The van der Waals surface area contributed by atoms with Crippen LogP contribution in [-0.2, 0) is 13.6 Å². The number of hydrogen-bond acceptors (Lipinski definition) is 5. The number of aromatic nitrogens is 2. The van der Waals surface area contributed by atoms with Gasteiger partial charge in [-0.15, -0.1) is 0 Å². The van der Waals surface area contributed by atoms with Crippen molar-refractivity contribution in [2.75, 3.05) is 30.3 Å². The van der Waals surface area contributed by atoms with E-state index in [0.29, 0.717) is 31.7 Å². The van der Waals surface area contributed by atoms with Crippen LogP contribution < -0.4 is 21.9 Å². The van der Waals surface area contributed by atoms with Crippen LogP contribution in [-0.4, -0.2) is 33.9 Å². The van der Waals surface area contributed by atoms with Gasteiger partial charge in [-0.3, -0.25) is 13.9 Å². The molecule has 0 amide bonds. The molecule has 3 N–H and O–H groups in total. The Bertz CT molecular complexity index is 589. The molecule has 120 valence electrons. The first-order valence-electron chi connectivity index (χ1n) is 7.30. The van der Waals surface area contributed by atoms with Crippen molar-refractivity contribution in [2.45, 2.75) is 33.7 Å². The van der Waals surface area contributed by atoms with Crippen LogP contribution in [0.15, 0.2) is 9.59 Å². The lowest BCUT2D eigenvalue weighted by Gasteiger charge is -2.26. The summed E-state index contributed by atoms with van der Waals surface area (Å²) in [5.74, 6) is 0.444. The van der Waals surface area contributed by atoms with Crippen molar-refractivity contribution in [1.82, 2.24) is 9.13 Å². The third kappa shape index (κ3) is 3.66. The number of anilines is 2. The zero-order valence-corrected chi connectivity index (χ0v) is 13.3. The van der Waals surface area contributed by atoms with Gasteiger partial charge in [0.2, 0.25) is 0 Å². The monoisotopic (exact) mass is 298 g/mol. The number of rotatable bonds is 7. The molecular weight excluding hydrogens is 272 g/mol. The summed E-state index contributed by atoms with van der Waals surface area (Å²) in [5, 5.41) is 8.97. The van der Waals surface area contributed by atoms with Gasteiger partial charge >= 0.3 is 5.69 Å². The molecule has 0 aromatic carbocycles. The molecule has 0 aliphatic heterocycles. The summed E-state index contributed by atoms with van der Waals surface area (Å²) in [6.45, 7) is 7.49. The fourth-order valence-corrected chi connectivity index (χ4v) is 2.30. The van der Waals surface area contributed by atoms with Crippen LogP contribution >= 0.6 is 0 Å². The predicted molar refractivity (Wildman–Crippen MR) is 84.8 cm³/mol. The van der Waals surface area contributed by atoms with Gasteiger partial charge in [0.05, 0.1) is 0 Å². The molecule has 0 unspecified atom stereocenters. The van der Waals surface area contributed by atoms with Crippen molar-refractivity contribution in [3.63, 3.8) is 0 Å². The van der Waals surface area contributed by atoms with E-state index in [1.807, 2.05) is 25.7 Å². The summed E-state index contributed by atoms with van der Waals surface area (Å²) in [5.41, 5.74) is 5.65. The summed E-state index contributed by atoms with van der Waals surface area (Å²) < 4.78 is 2.54. The second-order valence-electron chi connectivity index (χ2n) is 5.54. The molecule has 0 fully saturated rings. The van der Waals surface area contributed by atoms with E-state index >= 15 is 0 Å². The van der Waals surface area contributed by atoms with Crippen molar-refractivity contribution >= 4 is 11.5 Å². The molecule has 0 saturated carbocycles. The molecule has 7 heteroatoms. The second-order valence-corrected chi connectivity index (χ2v) is 5.54. The van der Waals surface area contributed by atoms with Crippen LogP contribution in [0.5, 0.6) is 0 Å². The molecule has 0 bridgehead atoms. The summed E-state index contributed by atoms with van der Waals surface area (Å²) >= 11 is 0. The molecule has 0 atom stereocenters. The first kappa shape index (κ1) is 17.3. The fourth-order valence-electron chi connectivity index (χ4n) is 2.30. The highest BCUT2D eigenvalue weighted by atomic mass is 16.3. The Balaban J connectivity index is 3.47. The van der Waals surface area contributed by atoms with Crippen LogP contribution in [0.1, 0.15) is 27.2 Å². The Morgan fingerprint density at radius 3 is 2.43 bits per heavy atom. The predicted octanol–water partition coefficient (Wildman–Crippen LogP) is -0.00610. The topological polar surface area (TPSA) is 93.5 Å². The van der Waals surface area contributed by atoms with Crippen LogP contribution in [0.4, 0.5) is 11.5 Å². The smallest absolute Gasteiger partial charge is 0.332 e. The molecule has 0 aliphatic rings.